The van der Waals surface area contributed by atoms with Crippen LogP contribution >= 0.6 is 0 Å². The Morgan fingerprint density at radius 1 is 1.33 bits per heavy atom. The summed E-state index contributed by atoms with van der Waals surface area (Å²) in [4.78, 5) is 4.43. The Bertz CT molecular complexity index is 484. The van der Waals surface area contributed by atoms with Gasteiger partial charge in [-0.3, -0.25) is 4.99 Å². The van der Waals surface area contributed by atoms with Crippen LogP contribution in [0, 0.1) is 5.92 Å². The van der Waals surface area contributed by atoms with Gasteiger partial charge in [-0.2, -0.15) is 0 Å². The van der Waals surface area contributed by atoms with Crippen LogP contribution in [0.3, 0.4) is 0 Å². The van der Waals surface area contributed by atoms with E-state index in [9.17, 15) is 0 Å². The molecule has 0 aromatic heterocycles. The predicted octanol–water partition coefficient (Wildman–Crippen LogP) is 3.95. The SMILES string of the molecule is CC(C)CN=Cc1ccc2c(c1)C=CC(C)(C)O2. The molecule has 0 fully saturated rings. The molecule has 0 aliphatic carbocycles. The Morgan fingerprint density at radius 2 is 2.11 bits per heavy atom. The molecule has 96 valence electrons. The maximum Gasteiger partial charge on any atom is 0.127 e. The fourth-order valence-electron chi connectivity index (χ4n) is 1.85. The molecule has 0 spiro atoms. The lowest BCUT2D eigenvalue weighted by molar-refractivity contribution is 0.159. The van der Waals surface area contributed by atoms with Gasteiger partial charge in [0.05, 0.1) is 0 Å². The van der Waals surface area contributed by atoms with Crippen molar-refractivity contribution in [2.75, 3.05) is 6.54 Å². The number of rotatable bonds is 3. The van der Waals surface area contributed by atoms with Gasteiger partial charge in [-0.25, -0.2) is 0 Å². The van der Waals surface area contributed by atoms with Gasteiger partial charge in [-0.05, 0) is 49.6 Å². The molecule has 0 N–H and O–H groups in total. The minimum Gasteiger partial charge on any atom is -0.483 e. The average molecular weight is 243 g/mol. The van der Waals surface area contributed by atoms with E-state index in [0.29, 0.717) is 5.92 Å². The molecule has 0 amide bonds. The molecule has 1 aromatic carbocycles. The molecule has 2 nitrogen and oxygen atoms in total. The van der Waals surface area contributed by atoms with E-state index < -0.39 is 0 Å². The summed E-state index contributed by atoms with van der Waals surface area (Å²) in [6.45, 7) is 9.33. The van der Waals surface area contributed by atoms with Crippen molar-refractivity contribution >= 4 is 12.3 Å². The lowest BCUT2D eigenvalue weighted by atomic mass is 10.0. The number of ether oxygens (including phenoxy) is 1. The summed E-state index contributed by atoms with van der Waals surface area (Å²) >= 11 is 0. The first-order valence-corrected chi connectivity index (χ1v) is 6.48. The van der Waals surface area contributed by atoms with Crippen LogP contribution in [0.4, 0.5) is 0 Å². The quantitative estimate of drug-likeness (QED) is 0.737. The third-order valence-corrected chi connectivity index (χ3v) is 2.78. The van der Waals surface area contributed by atoms with Gasteiger partial charge in [-0.15, -0.1) is 0 Å². The van der Waals surface area contributed by atoms with E-state index >= 15 is 0 Å². The van der Waals surface area contributed by atoms with Crippen molar-refractivity contribution in [1.29, 1.82) is 0 Å². The number of fused-ring (bicyclic) bond motifs is 1. The zero-order chi connectivity index (χ0) is 13.2. The Kier molecular flexibility index (Phi) is 3.55. The molecular formula is C16H21NO. The zero-order valence-corrected chi connectivity index (χ0v) is 11.6. The minimum atomic E-state index is -0.208. The summed E-state index contributed by atoms with van der Waals surface area (Å²) in [5.74, 6) is 1.55. The summed E-state index contributed by atoms with van der Waals surface area (Å²) in [7, 11) is 0. The molecule has 2 rings (SSSR count). The number of benzene rings is 1. The van der Waals surface area contributed by atoms with Crippen LogP contribution in [0.2, 0.25) is 0 Å². The number of hydrogen-bond donors (Lipinski definition) is 0. The highest BCUT2D eigenvalue weighted by molar-refractivity contribution is 5.82. The van der Waals surface area contributed by atoms with Crippen molar-refractivity contribution in [3.05, 3.63) is 35.4 Å². The predicted molar refractivity (Wildman–Crippen MR) is 77.5 cm³/mol. The van der Waals surface area contributed by atoms with Crippen molar-refractivity contribution in [3.8, 4) is 5.75 Å². The van der Waals surface area contributed by atoms with Crippen molar-refractivity contribution < 1.29 is 4.74 Å². The number of hydrogen-bond acceptors (Lipinski definition) is 2. The van der Waals surface area contributed by atoms with E-state index in [-0.39, 0.29) is 5.60 Å². The first-order chi connectivity index (χ1) is 8.46. The summed E-state index contributed by atoms with van der Waals surface area (Å²) in [6, 6.07) is 6.19. The molecule has 2 heteroatoms. The van der Waals surface area contributed by atoms with Crippen LogP contribution in [-0.2, 0) is 0 Å². The highest BCUT2D eigenvalue weighted by Crippen LogP contribution is 2.30. The van der Waals surface area contributed by atoms with E-state index in [0.717, 1.165) is 23.4 Å². The van der Waals surface area contributed by atoms with Gasteiger partial charge in [0.1, 0.15) is 11.4 Å². The summed E-state index contributed by atoms with van der Waals surface area (Å²) < 4.78 is 5.89. The van der Waals surface area contributed by atoms with E-state index in [1.165, 1.54) is 0 Å². The number of aliphatic imine (C=N–C) groups is 1. The zero-order valence-electron chi connectivity index (χ0n) is 11.6. The van der Waals surface area contributed by atoms with Crippen LogP contribution in [0.25, 0.3) is 6.08 Å². The van der Waals surface area contributed by atoms with E-state index in [4.69, 9.17) is 4.74 Å². The molecule has 1 heterocycles. The molecule has 1 aromatic rings. The second-order valence-corrected chi connectivity index (χ2v) is 5.72. The highest BCUT2D eigenvalue weighted by Gasteiger charge is 2.21. The second kappa shape index (κ2) is 4.97. The standard InChI is InChI=1S/C16H21NO/c1-12(2)10-17-11-13-5-6-15-14(9-13)7-8-16(3,4)18-15/h5-9,11-12H,10H2,1-4H3. The third kappa shape index (κ3) is 3.22. The Balaban J connectivity index is 2.16. The summed E-state index contributed by atoms with van der Waals surface area (Å²) in [6.07, 6.45) is 6.15. The smallest absolute Gasteiger partial charge is 0.127 e. The highest BCUT2D eigenvalue weighted by atomic mass is 16.5. The molecule has 1 aliphatic heterocycles. The normalized spacial score (nSPS) is 16.9. The van der Waals surface area contributed by atoms with E-state index in [1.54, 1.807) is 0 Å². The third-order valence-electron chi connectivity index (χ3n) is 2.78. The van der Waals surface area contributed by atoms with Crippen molar-refractivity contribution in [1.82, 2.24) is 0 Å². The van der Waals surface area contributed by atoms with Crippen LogP contribution in [0.15, 0.2) is 29.3 Å². The van der Waals surface area contributed by atoms with Gasteiger partial charge >= 0.3 is 0 Å². The molecule has 0 atom stereocenters. The molecule has 18 heavy (non-hydrogen) atoms. The van der Waals surface area contributed by atoms with Crippen LogP contribution < -0.4 is 4.74 Å². The van der Waals surface area contributed by atoms with E-state index in [1.807, 2.05) is 12.3 Å². The van der Waals surface area contributed by atoms with Gasteiger partial charge in [0, 0.05) is 18.3 Å². The topological polar surface area (TPSA) is 21.6 Å². The van der Waals surface area contributed by atoms with Gasteiger partial charge in [0.2, 0.25) is 0 Å². The van der Waals surface area contributed by atoms with Gasteiger partial charge in [-0.1, -0.05) is 19.9 Å². The molecule has 0 saturated heterocycles. The Morgan fingerprint density at radius 3 is 2.83 bits per heavy atom. The monoisotopic (exact) mass is 243 g/mol. The van der Waals surface area contributed by atoms with Crippen LogP contribution in [-0.4, -0.2) is 18.4 Å². The first-order valence-electron chi connectivity index (χ1n) is 6.48. The lowest BCUT2D eigenvalue weighted by Gasteiger charge is -2.27. The molecule has 0 bridgehead atoms. The second-order valence-electron chi connectivity index (χ2n) is 5.72. The van der Waals surface area contributed by atoms with Crippen LogP contribution in [0.1, 0.15) is 38.8 Å². The van der Waals surface area contributed by atoms with Crippen LogP contribution in [0.5, 0.6) is 5.75 Å². The molecule has 0 unspecified atom stereocenters. The van der Waals surface area contributed by atoms with Gasteiger partial charge in [0.25, 0.3) is 0 Å². The minimum absolute atomic E-state index is 0.208. The maximum absolute atomic E-state index is 5.89. The van der Waals surface area contributed by atoms with Crippen molar-refractivity contribution in [3.63, 3.8) is 0 Å². The lowest BCUT2D eigenvalue weighted by Crippen LogP contribution is -2.27. The maximum atomic E-state index is 5.89. The molecule has 0 radical (unpaired) electrons. The van der Waals surface area contributed by atoms with Crippen molar-refractivity contribution in [2.45, 2.75) is 33.3 Å². The molecular weight excluding hydrogens is 222 g/mol. The molecule has 0 saturated carbocycles. The Labute approximate surface area is 109 Å². The largest absolute Gasteiger partial charge is 0.483 e. The fourth-order valence-corrected chi connectivity index (χ4v) is 1.85. The fraction of sp³-hybridized carbons (Fsp3) is 0.438. The molecule has 1 aliphatic rings. The van der Waals surface area contributed by atoms with Gasteiger partial charge in [0.15, 0.2) is 0 Å². The summed E-state index contributed by atoms with van der Waals surface area (Å²) in [5.41, 5.74) is 2.05. The number of nitrogens with zero attached hydrogens (tertiary/aromatic N) is 1. The first kappa shape index (κ1) is 12.9. The van der Waals surface area contributed by atoms with Crippen molar-refractivity contribution in [2.24, 2.45) is 10.9 Å². The van der Waals surface area contributed by atoms with E-state index in [2.05, 4.69) is 57.0 Å². The summed E-state index contributed by atoms with van der Waals surface area (Å²) in [5, 5.41) is 0. The van der Waals surface area contributed by atoms with Gasteiger partial charge < -0.3 is 4.74 Å². The average Bonchev–Trinajstić information content (AvgIpc) is 2.28. The Hall–Kier alpha value is -1.57.